The molecule has 114 valence electrons. The van der Waals surface area contributed by atoms with Gasteiger partial charge in [0, 0.05) is 11.1 Å². The van der Waals surface area contributed by atoms with Crippen LogP contribution in [0.1, 0.15) is 66.2 Å². The quantitative estimate of drug-likeness (QED) is 0.593. The maximum absolute atomic E-state index is 9.91. The lowest BCUT2D eigenvalue weighted by Crippen LogP contribution is -2.50. The summed E-state index contributed by atoms with van der Waals surface area (Å²) >= 11 is 0. The molecular formula is C15H31NO3. The minimum atomic E-state index is -0.935. The van der Waals surface area contributed by atoms with Crippen LogP contribution in [0.5, 0.6) is 0 Å². The van der Waals surface area contributed by atoms with Crippen molar-refractivity contribution in [3.8, 4) is 0 Å². The molecule has 0 saturated carbocycles. The van der Waals surface area contributed by atoms with Gasteiger partial charge in [0.15, 0.2) is 0 Å². The Kier molecular flexibility index (Phi) is 11.8. The van der Waals surface area contributed by atoms with Gasteiger partial charge in [-0.15, -0.1) is 0 Å². The number of nitrogens with two attached hydrogens (primary N) is 1. The van der Waals surface area contributed by atoms with E-state index in [1.165, 1.54) is 6.92 Å². The molecular weight excluding hydrogens is 242 g/mol. The van der Waals surface area contributed by atoms with Crippen LogP contribution < -0.4 is 5.73 Å². The molecule has 4 nitrogen and oxygen atoms in total. The summed E-state index contributed by atoms with van der Waals surface area (Å²) in [4.78, 5) is 9.60. The van der Waals surface area contributed by atoms with Crippen LogP contribution in [-0.2, 0) is 4.79 Å². The van der Waals surface area contributed by atoms with Crippen molar-refractivity contribution in [2.24, 2.45) is 5.73 Å². The van der Waals surface area contributed by atoms with Crippen molar-refractivity contribution in [3.05, 3.63) is 12.2 Å². The predicted octanol–water partition coefficient (Wildman–Crippen LogP) is 3.09. The van der Waals surface area contributed by atoms with Gasteiger partial charge in [0.25, 0.3) is 0 Å². The summed E-state index contributed by atoms with van der Waals surface area (Å²) in [6.07, 6.45) is 5.49. The average Bonchev–Trinajstić information content (AvgIpc) is 2.30. The fraction of sp³-hybridized carbons (Fsp3) is 0.800. The van der Waals surface area contributed by atoms with E-state index in [0.717, 1.165) is 38.5 Å². The zero-order chi connectivity index (χ0) is 15.5. The van der Waals surface area contributed by atoms with Gasteiger partial charge in [0.1, 0.15) is 0 Å². The predicted molar refractivity (Wildman–Crippen MR) is 80.1 cm³/mol. The second-order valence-electron chi connectivity index (χ2n) is 5.12. The molecule has 0 aliphatic rings. The SMILES string of the molecule is C=C(C)C(=O)O.CCCC(O)C(N)(CCC)CCC. The molecule has 0 aromatic rings. The Morgan fingerprint density at radius 2 is 1.58 bits per heavy atom. The van der Waals surface area contributed by atoms with Gasteiger partial charge in [-0.3, -0.25) is 0 Å². The number of hydrogen-bond acceptors (Lipinski definition) is 3. The first-order valence-corrected chi connectivity index (χ1v) is 7.10. The minimum Gasteiger partial charge on any atom is -0.478 e. The monoisotopic (exact) mass is 273 g/mol. The second-order valence-corrected chi connectivity index (χ2v) is 5.12. The van der Waals surface area contributed by atoms with E-state index >= 15 is 0 Å². The van der Waals surface area contributed by atoms with Crippen molar-refractivity contribution in [1.82, 2.24) is 0 Å². The highest BCUT2D eigenvalue weighted by molar-refractivity contribution is 5.84. The van der Waals surface area contributed by atoms with E-state index < -0.39 is 5.97 Å². The summed E-state index contributed by atoms with van der Waals surface area (Å²) < 4.78 is 0. The van der Waals surface area contributed by atoms with Crippen molar-refractivity contribution in [2.75, 3.05) is 0 Å². The largest absolute Gasteiger partial charge is 0.478 e. The third kappa shape index (κ3) is 9.68. The molecule has 1 atom stereocenters. The molecule has 19 heavy (non-hydrogen) atoms. The van der Waals surface area contributed by atoms with Crippen molar-refractivity contribution in [3.63, 3.8) is 0 Å². The van der Waals surface area contributed by atoms with Gasteiger partial charge in [0.2, 0.25) is 0 Å². The van der Waals surface area contributed by atoms with Gasteiger partial charge in [-0.25, -0.2) is 4.79 Å². The topological polar surface area (TPSA) is 83.5 Å². The normalized spacial score (nSPS) is 12.3. The summed E-state index contributed by atoms with van der Waals surface area (Å²) in [5, 5.41) is 17.8. The first-order valence-electron chi connectivity index (χ1n) is 7.10. The Hall–Kier alpha value is -0.870. The number of aliphatic carboxylic acids is 1. The molecule has 0 heterocycles. The van der Waals surface area contributed by atoms with E-state index in [9.17, 15) is 9.90 Å². The molecule has 0 amide bonds. The summed E-state index contributed by atoms with van der Waals surface area (Å²) in [5.41, 5.74) is 6.04. The molecule has 0 saturated heterocycles. The summed E-state index contributed by atoms with van der Waals surface area (Å²) in [7, 11) is 0. The van der Waals surface area contributed by atoms with Crippen LogP contribution in [-0.4, -0.2) is 27.8 Å². The van der Waals surface area contributed by atoms with Crippen molar-refractivity contribution < 1.29 is 15.0 Å². The molecule has 0 radical (unpaired) electrons. The van der Waals surface area contributed by atoms with Crippen LogP contribution >= 0.6 is 0 Å². The molecule has 4 heteroatoms. The van der Waals surface area contributed by atoms with Crippen molar-refractivity contribution in [1.29, 1.82) is 0 Å². The summed E-state index contributed by atoms with van der Waals surface area (Å²) in [6, 6.07) is 0. The minimum absolute atomic E-state index is 0.176. The Morgan fingerprint density at radius 1 is 1.21 bits per heavy atom. The van der Waals surface area contributed by atoms with Gasteiger partial charge in [-0.05, 0) is 26.2 Å². The van der Waals surface area contributed by atoms with Crippen molar-refractivity contribution in [2.45, 2.75) is 77.9 Å². The van der Waals surface area contributed by atoms with Crippen LogP contribution in [0.3, 0.4) is 0 Å². The molecule has 0 bridgehead atoms. The first kappa shape index (κ1) is 20.4. The van der Waals surface area contributed by atoms with Gasteiger partial charge in [-0.1, -0.05) is 46.6 Å². The molecule has 4 N–H and O–H groups in total. The number of aliphatic hydroxyl groups is 1. The van der Waals surface area contributed by atoms with Gasteiger partial charge in [0.05, 0.1) is 6.10 Å². The molecule has 1 unspecified atom stereocenters. The van der Waals surface area contributed by atoms with Crippen molar-refractivity contribution >= 4 is 5.97 Å². The average molecular weight is 273 g/mol. The zero-order valence-corrected chi connectivity index (χ0v) is 12.9. The lowest BCUT2D eigenvalue weighted by molar-refractivity contribution is -0.132. The number of hydrogen-bond donors (Lipinski definition) is 3. The first-order chi connectivity index (χ1) is 8.75. The van der Waals surface area contributed by atoms with Gasteiger partial charge in [-0.2, -0.15) is 0 Å². The second kappa shape index (κ2) is 11.0. The molecule has 0 rings (SSSR count). The molecule has 0 fully saturated rings. The third-order valence-corrected chi connectivity index (χ3v) is 3.02. The summed E-state index contributed by atoms with van der Waals surface area (Å²) in [6.45, 7) is 10.9. The van der Waals surface area contributed by atoms with Gasteiger partial charge < -0.3 is 15.9 Å². The molecule has 0 aromatic carbocycles. The van der Waals surface area contributed by atoms with Crippen LogP contribution in [0.15, 0.2) is 12.2 Å². The van der Waals surface area contributed by atoms with E-state index in [-0.39, 0.29) is 17.2 Å². The number of aliphatic hydroxyl groups excluding tert-OH is 1. The standard InChI is InChI=1S/C11H25NO.C4H6O2/c1-4-7-10(13)11(12,8-5-2)9-6-3;1-3(2)4(5)6/h10,13H,4-9,12H2,1-3H3;1H2,2H3,(H,5,6). The van der Waals surface area contributed by atoms with E-state index in [1.54, 1.807) is 0 Å². The fourth-order valence-electron chi connectivity index (χ4n) is 1.95. The lowest BCUT2D eigenvalue weighted by atomic mass is 9.82. The van der Waals surface area contributed by atoms with Crippen LogP contribution in [0, 0.1) is 0 Å². The Labute approximate surface area is 117 Å². The van der Waals surface area contributed by atoms with Crippen LogP contribution in [0.25, 0.3) is 0 Å². The molecule has 0 aromatic heterocycles. The lowest BCUT2D eigenvalue weighted by Gasteiger charge is -2.34. The molecule has 0 aliphatic carbocycles. The van der Waals surface area contributed by atoms with E-state index in [0.29, 0.717) is 0 Å². The highest BCUT2D eigenvalue weighted by Gasteiger charge is 2.30. The van der Waals surface area contributed by atoms with Crippen LogP contribution in [0.2, 0.25) is 0 Å². The van der Waals surface area contributed by atoms with E-state index in [4.69, 9.17) is 10.8 Å². The van der Waals surface area contributed by atoms with E-state index in [1.807, 2.05) is 0 Å². The zero-order valence-electron chi connectivity index (χ0n) is 12.9. The Morgan fingerprint density at radius 3 is 1.79 bits per heavy atom. The smallest absolute Gasteiger partial charge is 0.330 e. The summed E-state index contributed by atoms with van der Waals surface area (Å²) in [5.74, 6) is -0.935. The number of rotatable bonds is 8. The van der Waals surface area contributed by atoms with E-state index in [2.05, 4.69) is 27.4 Å². The van der Waals surface area contributed by atoms with Crippen LogP contribution in [0.4, 0.5) is 0 Å². The highest BCUT2D eigenvalue weighted by Crippen LogP contribution is 2.23. The number of carboxylic acid groups (broad SMARTS) is 1. The highest BCUT2D eigenvalue weighted by atomic mass is 16.4. The third-order valence-electron chi connectivity index (χ3n) is 3.02. The maximum atomic E-state index is 9.91. The Balaban J connectivity index is 0. The fourth-order valence-corrected chi connectivity index (χ4v) is 1.95. The Bertz CT molecular complexity index is 246. The number of carboxylic acids is 1. The van der Waals surface area contributed by atoms with Gasteiger partial charge >= 0.3 is 5.97 Å². The molecule has 0 aliphatic heterocycles. The number of carbonyl (C=O) groups is 1. The molecule has 0 spiro atoms. The maximum Gasteiger partial charge on any atom is 0.330 e.